The molecule has 1 aliphatic heterocycles. The van der Waals surface area contributed by atoms with Crippen molar-refractivity contribution in [3.63, 3.8) is 0 Å². The summed E-state index contributed by atoms with van der Waals surface area (Å²) in [5.74, 6) is 0.570. The summed E-state index contributed by atoms with van der Waals surface area (Å²) in [5, 5.41) is 1.16. The van der Waals surface area contributed by atoms with Crippen molar-refractivity contribution in [2.24, 2.45) is 10.7 Å². The van der Waals surface area contributed by atoms with Crippen molar-refractivity contribution >= 4 is 29.2 Å². The number of aliphatic imine (C=N–C) groups is 1. The first-order valence-electron chi connectivity index (χ1n) is 5.54. The Morgan fingerprint density at radius 1 is 1.41 bits per heavy atom. The first-order chi connectivity index (χ1) is 8.02. The van der Waals surface area contributed by atoms with Gasteiger partial charge < -0.3 is 10.6 Å². The second-order valence-corrected chi connectivity index (χ2v) is 5.14. The van der Waals surface area contributed by atoms with Gasteiger partial charge >= 0.3 is 0 Å². The molecule has 1 heterocycles. The number of benzene rings is 1. The van der Waals surface area contributed by atoms with Crippen LogP contribution in [0.15, 0.2) is 23.2 Å². The van der Waals surface area contributed by atoms with Crippen molar-refractivity contribution < 1.29 is 0 Å². The number of hydrogen-bond acceptors (Lipinski definition) is 3. The highest BCUT2D eigenvalue weighted by Gasteiger charge is 2.31. The van der Waals surface area contributed by atoms with Crippen molar-refractivity contribution in [2.75, 3.05) is 6.54 Å². The van der Waals surface area contributed by atoms with Crippen LogP contribution in [0.1, 0.15) is 25.5 Å². The highest BCUT2D eigenvalue weighted by Crippen LogP contribution is 2.35. The number of rotatable bonds is 2. The van der Waals surface area contributed by atoms with E-state index in [0.29, 0.717) is 22.5 Å². The molecule has 0 fully saturated rings. The van der Waals surface area contributed by atoms with Crippen LogP contribution in [-0.4, -0.2) is 23.4 Å². The Labute approximate surface area is 111 Å². The van der Waals surface area contributed by atoms with Crippen LogP contribution in [0.25, 0.3) is 0 Å². The quantitative estimate of drug-likeness (QED) is 0.898. The van der Waals surface area contributed by atoms with Crippen molar-refractivity contribution in [3.05, 3.63) is 33.8 Å². The Hall–Kier alpha value is -0.930. The number of hydrogen-bond donors (Lipinski definition) is 1. The fourth-order valence-corrected chi connectivity index (χ4v) is 2.59. The van der Waals surface area contributed by atoms with Crippen LogP contribution >= 0.6 is 23.2 Å². The standard InChI is InChI=1S/C12H15Cl2N3/c1-7(2)17-10(6-16-12(17)15)8-4-3-5-9(13)11(8)14/h3-5,7,10H,6H2,1-2H3,(H2,15,16). The Morgan fingerprint density at radius 3 is 2.76 bits per heavy atom. The van der Waals surface area contributed by atoms with Crippen LogP contribution in [0, 0.1) is 0 Å². The molecule has 0 saturated heterocycles. The zero-order chi connectivity index (χ0) is 12.6. The zero-order valence-electron chi connectivity index (χ0n) is 9.82. The molecule has 1 aromatic rings. The van der Waals surface area contributed by atoms with Gasteiger partial charge in [-0.25, -0.2) is 0 Å². The van der Waals surface area contributed by atoms with Gasteiger partial charge in [0.15, 0.2) is 5.96 Å². The maximum Gasteiger partial charge on any atom is 0.192 e. The molecule has 0 amide bonds. The predicted molar refractivity (Wildman–Crippen MR) is 72.7 cm³/mol. The lowest BCUT2D eigenvalue weighted by molar-refractivity contribution is 0.290. The van der Waals surface area contributed by atoms with E-state index >= 15 is 0 Å². The first kappa shape index (κ1) is 12.5. The molecule has 2 rings (SSSR count). The van der Waals surface area contributed by atoms with Gasteiger partial charge in [-0.1, -0.05) is 35.3 Å². The van der Waals surface area contributed by atoms with E-state index in [-0.39, 0.29) is 12.1 Å². The molecule has 0 aromatic heterocycles. The Balaban J connectivity index is 2.38. The number of guanidine groups is 1. The van der Waals surface area contributed by atoms with Crippen LogP contribution in [-0.2, 0) is 0 Å². The SMILES string of the molecule is CC(C)N1C(N)=NCC1c1cccc(Cl)c1Cl. The molecule has 0 saturated carbocycles. The minimum atomic E-state index is 0.0844. The smallest absolute Gasteiger partial charge is 0.192 e. The summed E-state index contributed by atoms with van der Waals surface area (Å²) >= 11 is 12.3. The lowest BCUT2D eigenvalue weighted by Crippen LogP contribution is -2.41. The summed E-state index contributed by atoms with van der Waals surface area (Å²) in [6, 6.07) is 6.02. The summed E-state index contributed by atoms with van der Waals surface area (Å²) < 4.78 is 0. The monoisotopic (exact) mass is 271 g/mol. The van der Waals surface area contributed by atoms with E-state index < -0.39 is 0 Å². The topological polar surface area (TPSA) is 41.6 Å². The molecular formula is C12H15Cl2N3. The lowest BCUT2D eigenvalue weighted by atomic mass is 10.1. The van der Waals surface area contributed by atoms with Gasteiger partial charge in [-0.3, -0.25) is 4.99 Å². The summed E-state index contributed by atoms with van der Waals surface area (Å²) in [5.41, 5.74) is 6.88. The zero-order valence-corrected chi connectivity index (χ0v) is 11.3. The third kappa shape index (κ3) is 2.22. The predicted octanol–water partition coefficient (Wildman–Crippen LogP) is 3.07. The van der Waals surface area contributed by atoms with E-state index in [4.69, 9.17) is 28.9 Å². The summed E-state index contributed by atoms with van der Waals surface area (Å²) in [6.45, 7) is 4.79. The maximum absolute atomic E-state index is 6.24. The lowest BCUT2D eigenvalue weighted by Gasteiger charge is -2.30. The van der Waals surface area contributed by atoms with E-state index in [9.17, 15) is 0 Å². The van der Waals surface area contributed by atoms with Gasteiger partial charge in [-0.05, 0) is 25.5 Å². The summed E-state index contributed by atoms with van der Waals surface area (Å²) in [4.78, 5) is 6.35. The Bertz CT molecular complexity index is 457. The fraction of sp³-hybridized carbons (Fsp3) is 0.417. The van der Waals surface area contributed by atoms with Crippen LogP contribution in [0.5, 0.6) is 0 Å². The third-order valence-corrected chi connectivity index (χ3v) is 3.76. The minimum absolute atomic E-state index is 0.0844. The molecule has 0 bridgehead atoms. The van der Waals surface area contributed by atoms with Gasteiger partial charge in [0.2, 0.25) is 0 Å². The van der Waals surface area contributed by atoms with Crippen molar-refractivity contribution in [3.8, 4) is 0 Å². The van der Waals surface area contributed by atoms with Gasteiger partial charge in [-0.2, -0.15) is 0 Å². The van der Waals surface area contributed by atoms with Crippen LogP contribution < -0.4 is 5.73 Å². The van der Waals surface area contributed by atoms with Gasteiger partial charge in [0.25, 0.3) is 0 Å². The van der Waals surface area contributed by atoms with Gasteiger partial charge in [0, 0.05) is 6.04 Å². The van der Waals surface area contributed by atoms with Gasteiger partial charge in [0.05, 0.1) is 22.6 Å². The first-order valence-corrected chi connectivity index (χ1v) is 6.30. The minimum Gasteiger partial charge on any atom is -0.370 e. The van der Waals surface area contributed by atoms with E-state index in [0.717, 1.165) is 5.56 Å². The maximum atomic E-state index is 6.24. The molecule has 1 aliphatic rings. The van der Waals surface area contributed by atoms with Gasteiger partial charge in [0.1, 0.15) is 0 Å². The molecule has 17 heavy (non-hydrogen) atoms. The van der Waals surface area contributed by atoms with Gasteiger partial charge in [-0.15, -0.1) is 0 Å². The van der Waals surface area contributed by atoms with E-state index in [1.807, 2.05) is 12.1 Å². The molecule has 1 atom stereocenters. The molecule has 0 radical (unpaired) electrons. The average molecular weight is 272 g/mol. The third-order valence-electron chi connectivity index (χ3n) is 2.92. The van der Waals surface area contributed by atoms with E-state index in [1.165, 1.54) is 0 Å². The fourth-order valence-electron chi connectivity index (χ4n) is 2.16. The molecule has 2 N–H and O–H groups in total. The molecule has 5 heteroatoms. The number of nitrogens with zero attached hydrogens (tertiary/aromatic N) is 2. The highest BCUT2D eigenvalue weighted by molar-refractivity contribution is 6.42. The molecule has 1 aromatic carbocycles. The highest BCUT2D eigenvalue weighted by atomic mass is 35.5. The Kier molecular flexibility index (Phi) is 3.50. The summed E-state index contributed by atoms with van der Waals surface area (Å²) in [6.07, 6.45) is 0. The van der Waals surface area contributed by atoms with E-state index in [2.05, 4.69) is 23.7 Å². The van der Waals surface area contributed by atoms with Crippen LogP contribution in [0.3, 0.4) is 0 Å². The van der Waals surface area contributed by atoms with Crippen LogP contribution in [0.4, 0.5) is 0 Å². The second-order valence-electron chi connectivity index (χ2n) is 4.36. The second kappa shape index (κ2) is 4.75. The Morgan fingerprint density at radius 2 is 2.12 bits per heavy atom. The van der Waals surface area contributed by atoms with E-state index in [1.54, 1.807) is 6.07 Å². The van der Waals surface area contributed by atoms with Crippen molar-refractivity contribution in [1.29, 1.82) is 0 Å². The largest absolute Gasteiger partial charge is 0.370 e. The average Bonchev–Trinajstić information content (AvgIpc) is 2.64. The summed E-state index contributed by atoms with van der Waals surface area (Å²) in [7, 11) is 0. The van der Waals surface area contributed by atoms with Crippen molar-refractivity contribution in [1.82, 2.24) is 4.90 Å². The molecule has 92 valence electrons. The molecule has 0 aliphatic carbocycles. The molecule has 3 nitrogen and oxygen atoms in total. The molecule has 1 unspecified atom stereocenters. The number of halogens is 2. The normalized spacial score (nSPS) is 19.9. The molecular weight excluding hydrogens is 257 g/mol. The number of nitrogens with two attached hydrogens (primary N) is 1. The molecule has 0 spiro atoms. The van der Waals surface area contributed by atoms with Crippen molar-refractivity contribution in [2.45, 2.75) is 25.9 Å². The van der Waals surface area contributed by atoms with Crippen LogP contribution in [0.2, 0.25) is 10.0 Å².